The Balaban J connectivity index is 2.83. The predicted octanol–water partition coefficient (Wildman–Crippen LogP) is 2.34. The van der Waals surface area contributed by atoms with E-state index in [0.29, 0.717) is 18.5 Å². The number of nitrogens with two attached hydrogens (primary N) is 1. The van der Waals surface area contributed by atoms with E-state index in [-0.39, 0.29) is 5.97 Å². The molecule has 1 aromatic rings. The van der Waals surface area contributed by atoms with E-state index < -0.39 is 5.60 Å². The van der Waals surface area contributed by atoms with Gasteiger partial charge in [-0.15, -0.1) is 0 Å². The summed E-state index contributed by atoms with van der Waals surface area (Å²) in [5.41, 5.74) is 6.19. The number of rotatable bonds is 2. The smallest absolute Gasteiger partial charge is 0.338 e. The average molecular weight is 245 g/mol. The second kappa shape index (κ2) is 6.23. The molecule has 0 heterocycles. The van der Waals surface area contributed by atoms with E-state index in [1.165, 1.54) is 0 Å². The van der Waals surface area contributed by atoms with E-state index in [1.807, 2.05) is 26.8 Å². The first-order valence-corrected chi connectivity index (χ1v) is 5.95. The molecule has 0 saturated carbocycles. The van der Waals surface area contributed by atoms with Gasteiger partial charge in [0.15, 0.2) is 0 Å². The summed E-state index contributed by atoms with van der Waals surface area (Å²) in [6.07, 6.45) is 0.649. The molecule has 0 unspecified atom stereocenters. The number of carbonyl (C=O) groups excluding carboxylic acids is 1. The molecule has 0 spiro atoms. The van der Waals surface area contributed by atoms with Crippen molar-refractivity contribution in [2.75, 3.05) is 6.54 Å². The van der Waals surface area contributed by atoms with Crippen molar-refractivity contribution in [3.63, 3.8) is 0 Å². The monoisotopic (exact) mass is 245 g/mol. The fourth-order valence-corrected chi connectivity index (χ4v) is 1.30. The molecular weight excluding hydrogens is 226 g/mol. The van der Waals surface area contributed by atoms with Crippen LogP contribution in [0.3, 0.4) is 0 Å². The molecule has 0 fully saturated rings. The number of benzene rings is 1. The zero-order valence-electron chi connectivity index (χ0n) is 11.1. The van der Waals surface area contributed by atoms with Crippen molar-refractivity contribution >= 4 is 5.97 Å². The Morgan fingerprint density at radius 3 is 2.72 bits per heavy atom. The van der Waals surface area contributed by atoms with Crippen LogP contribution in [0.4, 0.5) is 0 Å². The fraction of sp³-hybridized carbons (Fsp3) is 0.400. The number of hydrogen-bond acceptors (Lipinski definition) is 3. The Hall–Kier alpha value is -1.79. The molecule has 0 aliphatic carbocycles. The lowest BCUT2D eigenvalue weighted by Crippen LogP contribution is -2.23. The van der Waals surface area contributed by atoms with Crippen LogP contribution in [0, 0.1) is 11.8 Å². The van der Waals surface area contributed by atoms with Crippen LogP contribution in [0.1, 0.15) is 43.1 Å². The summed E-state index contributed by atoms with van der Waals surface area (Å²) in [5, 5.41) is 0. The van der Waals surface area contributed by atoms with Crippen LogP contribution in [-0.2, 0) is 4.74 Å². The predicted molar refractivity (Wildman–Crippen MR) is 72.2 cm³/mol. The zero-order valence-corrected chi connectivity index (χ0v) is 11.1. The molecule has 0 amide bonds. The molecule has 0 aliphatic rings. The Bertz CT molecular complexity index is 475. The third-order valence-corrected chi connectivity index (χ3v) is 2.00. The largest absolute Gasteiger partial charge is 0.456 e. The Labute approximate surface area is 108 Å². The molecule has 3 heteroatoms. The van der Waals surface area contributed by atoms with E-state index in [0.717, 1.165) is 5.56 Å². The van der Waals surface area contributed by atoms with Crippen molar-refractivity contribution in [1.29, 1.82) is 0 Å². The first-order valence-electron chi connectivity index (χ1n) is 5.95. The highest BCUT2D eigenvalue weighted by atomic mass is 16.6. The lowest BCUT2D eigenvalue weighted by Gasteiger charge is -2.19. The molecule has 1 rings (SSSR count). The summed E-state index contributed by atoms with van der Waals surface area (Å²) in [7, 11) is 0. The first-order chi connectivity index (χ1) is 8.42. The van der Waals surface area contributed by atoms with Gasteiger partial charge in [0.05, 0.1) is 5.56 Å². The maximum Gasteiger partial charge on any atom is 0.338 e. The van der Waals surface area contributed by atoms with Gasteiger partial charge in [-0.3, -0.25) is 0 Å². The topological polar surface area (TPSA) is 52.3 Å². The van der Waals surface area contributed by atoms with Crippen LogP contribution in [0.25, 0.3) is 0 Å². The van der Waals surface area contributed by atoms with Gasteiger partial charge in [0.2, 0.25) is 0 Å². The Kier molecular flexibility index (Phi) is 4.94. The standard InChI is InChI=1S/C15H19NO2/c1-15(2,3)18-14(17)13-9-6-8-12(11-13)7-4-5-10-16/h6,8-9,11H,5,10,16H2,1-3H3. The third kappa shape index (κ3) is 5.03. The number of ether oxygens (including phenoxy) is 1. The van der Waals surface area contributed by atoms with Gasteiger partial charge in [0, 0.05) is 18.5 Å². The molecule has 1 aromatic carbocycles. The van der Waals surface area contributed by atoms with Gasteiger partial charge in [-0.1, -0.05) is 17.9 Å². The Morgan fingerprint density at radius 2 is 2.11 bits per heavy atom. The lowest BCUT2D eigenvalue weighted by atomic mass is 10.1. The van der Waals surface area contributed by atoms with E-state index in [1.54, 1.807) is 18.2 Å². The maximum absolute atomic E-state index is 11.9. The summed E-state index contributed by atoms with van der Waals surface area (Å²) in [5.74, 6) is 5.58. The molecule has 0 atom stereocenters. The van der Waals surface area contributed by atoms with Gasteiger partial charge in [-0.25, -0.2) is 4.79 Å². The normalized spacial score (nSPS) is 10.4. The molecule has 0 bridgehead atoms. The van der Waals surface area contributed by atoms with Crippen molar-refractivity contribution in [2.24, 2.45) is 5.73 Å². The second-order valence-electron chi connectivity index (χ2n) is 4.92. The van der Waals surface area contributed by atoms with Gasteiger partial charge in [0.1, 0.15) is 5.60 Å². The highest BCUT2D eigenvalue weighted by molar-refractivity contribution is 5.90. The molecule has 18 heavy (non-hydrogen) atoms. The van der Waals surface area contributed by atoms with Crippen molar-refractivity contribution in [1.82, 2.24) is 0 Å². The summed E-state index contributed by atoms with van der Waals surface area (Å²) in [6, 6.07) is 7.11. The van der Waals surface area contributed by atoms with Crippen molar-refractivity contribution in [3.05, 3.63) is 35.4 Å². The van der Waals surface area contributed by atoms with Crippen LogP contribution >= 0.6 is 0 Å². The lowest BCUT2D eigenvalue weighted by molar-refractivity contribution is 0.00695. The number of hydrogen-bond donors (Lipinski definition) is 1. The minimum atomic E-state index is -0.488. The van der Waals surface area contributed by atoms with Crippen LogP contribution in [0.5, 0.6) is 0 Å². The van der Waals surface area contributed by atoms with Gasteiger partial charge in [-0.05, 0) is 39.0 Å². The van der Waals surface area contributed by atoms with Gasteiger partial charge >= 0.3 is 5.97 Å². The first kappa shape index (κ1) is 14.3. The molecule has 0 saturated heterocycles. The number of carbonyl (C=O) groups is 1. The van der Waals surface area contributed by atoms with E-state index in [4.69, 9.17) is 10.5 Å². The average Bonchev–Trinajstić information content (AvgIpc) is 2.27. The fourth-order valence-electron chi connectivity index (χ4n) is 1.30. The van der Waals surface area contributed by atoms with Crippen LogP contribution in [0.2, 0.25) is 0 Å². The highest BCUT2D eigenvalue weighted by Crippen LogP contribution is 2.13. The minimum Gasteiger partial charge on any atom is -0.456 e. The van der Waals surface area contributed by atoms with Gasteiger partial charge < -0.3 is 10.5 Å². The van der Waals surface area contributed by atoms with Gasteiger partial charge in [0.25, 0.3) is 0 Å². The zero-order chi connectivity index (χ0) is 13.6. The molecular formula is C15H19NO2. The molecule has 96 valence electrons. The van der Waals surface area contributed by atoms with Crippen molar-refractivity contribution in [2.45, 2.75) is 32.8 Å². The van der Waals surface area contributed by atoms with Crippen LogP contribution in [0.15, 0.2) is 24.3 Å². The van der Waals surface area contributed by atoms with E-state index >= 15 is 0 Å². The Morgan fingerprint density at radius 1 is 1.39 bits per heavy atom. The van der Waals surface area contributed by atoms with E-state index in [2.05, 4.69) is 11.8 Å². The highest BCUT2D eigenvalue weighted by Gasteiger charge is 2.17. The van der Waals surface area contributed by atoms with Gasteiger partial charge in [-0.2, -0.15) is 0 Å². The maximum atomic E-state index is 11.9. The summed E-state index contributed by atoms with van der Waals surface area (Å²) >= 11 is 0. The minimum absolute atomic E-state index is 0.329. The molecule has 0 aromatic heterocycles. The third-order valence-electron chi connectivity index (χ3n) is 2.00. The molecule has 2 N–H and O–H groups in total. The van der Waals surface area contributed by atoms with Crippen molar-refractivity contribution in [3.8, 4) is 11.8 Å². The molecule has 0 aliphatic heterocycles. The molecule has 3 nitrogen and oxygen atoms in total. The SMILES string of the molecule is CC(C)(C)OC(=O)c1cccc(C#CCCN)c1. The van der Waals surface area contributed by atoms with Crippen LogP contribution < -0.4 is 5.73 Å². The quantitative estimate of drug-likeness (QED) is 0.642. The second-order valence-corrected chi connectivity index (χ2v) is 4.92. The van der Waals surface area contributed by atoms with E-state index in [9.17, 15) is 4.79 Å². The number of esters is 1. The van der Waals surface area contributed by atoms with Crippen molar-refractivity contribution < 1.29 is 9.53 Å². The van der Waals surface area contributed by atoms with Crippen LogP contribution in [-0.4, -0.2) is 18.1 Å². The summed E-state index contributed by atoms with van der Waals surface area (Å²) in [6.45, 7) is 6.07. The summed E-state index contributed by atoms with van der Waals surface area (Å²) < 4.78 is 5.30. The molecule has 0 radical (unpaired) electrons. The summed E-state index contributed by atoms with van der Waals surface area (Å²) in [4.78, 5) is 11.9.